The van der Waals surface area contributed by atoms with Gasteiger partial charge in [0.15, 0.2) is 11.5 Å². The number of fused-ring (bicyclic) bond motifs is 1. The van der Waals surface area contributed by atoms with Gasteiger partial charge < -0.3 is 9.47 Å². The number of rotatable bonds is 3. The van der Waals surface area contributed by atoms with Gasteiger partial charge in [-0.15, -0.1) is 0 Å². The highest BCUT2D eigenvalue weighted by molar-refractivity contribution is 7.89. The zero-order valence-electron chi connectivity index (χ0n) is 15.3. The molecule has 0 radical (unpaired) electrons. The van der Waals surface area contributed by atoms with Crippen LogP contribution >= 0.6 is 0 Å². The molecule has 2 aliphatic heterocycles. The average molecular weight is 373 g/mol. The van der Waals surface area contributed by atoms with Crippen LogP contribution in [0.3, 0.4) is 0 Å². The van der Waals surface area contributed by atoms with Crippen LogP contribution in [0.5, 0.6) is 11.5 Å². The van der Waals surface area contributed by atoms with Gasteiger partial charge in [0.2, 0.25) is 16.8 Å². The summed E-state index contributed by atoms with van der Waals surface area (Å²) in [5.41, 5.74) is 3.81. The predicted molar refractivity (Wildman–Crippen MR) is 99.3 cm³/mol. The average Bonchev–Trinajstić information content (AvgIpc) is 3.22. The number of aryl methyl sites for hydroxylation is 3. The van der Waals surface area contributed by atoms with E-state index in [2.05, 4.69) is 0 Å². The molecule has 0 N–H and O–H groups in total. The molecular weight excluding hydrogens is 350 g/mol. The summed E-state index contributed by atoms with van der Waals surface area (Å²) in [7, 11) is -3.49. The molecule has 1 atom stereocenters. The Morgan fingerprint density at radius 1 is 1.00 bits per heavy atom. The number of sulfonamides is 1. The molecule has 0 bridgehead atoms. The maximum absolute atomic E-state index is 13.2. The van der Waals surface area contributed by atoms with Crippen molar-refractivity contribution in [1.82, 2.24) is 4.31 Å². The molecule has 4 rings (SSSR count). The normalized spacial score (nSPS) is 19.9. The first-order chi connectivity index (χ1) is 12.4. The Balaban J connectivity index is 1.60. The molecule has 1 saturated heterocycles. The van der Waals surface area contributed by atoms with Crippen molar-refractivity contribution in [3.05, 3.63) is 52.6 Å². The lowest BCUT2D eigenvalue weighted by Gasteiger charge is -2.20. The minimum Gasteiger partial charge on any atom is -0.454 e. The molecule has 1 unspecified atom stereocenters. The second kappa shape index (κ2) is 6.28. The third-order valence-electron chi connectivity index (χ3n) is 5.22. The molecule has 138 valence electrons. The fourth-order valence-corrected chi connectivity index (χ4v) is 6.00. The lowest BCUT2D eigenvalue weighted by atomic mass is 9.98. The van der Waals surface area contributed by atoms with Crippen LogP contribution in [-0.2, 0) is 10.0 Å². The molecule has 2 heterocycles. The van der Waals surface area contributed by atoms with Crippen molar-refractivity contribution in [3.63, 3.8) is 0 Å². The minimum absolute atomic E-state index is 0.172. The largest absolute Gasteiger partial charge is 0.454 e. The van der Waals surface area contributed by atoms with E-state index < -0.39 is 10.0 Å². The number of hydrogen-bond donors (Lipinski definition) is 0. The highest BCUT2D eigenvalue weighted by Gasteiger charge is 2.35. The van der Waals surface area contributed by atoms with Gasteiger partial charge >= 0.3 is 0 Å². The first kappa shape index (κ1) is 17.4. The Hall–Kier alpha value is -2.05. The molecule has 26 heavy (non-hydrogen) atoms. The van der Waals surface area contributed by atoms with Gasteiger partial charge in [0.25, 0.3) is 0 Å². The van der Waals surface area contributed by atoms with Gasteiger partial charge in [0, 0.05) is 13.1 Å². The summed E-state index contributed by atoms with van der Waals surface area (Å²) in [5, 5.41) is 0. The Morgan fingerprint density at radius 2 is 1.69 bits per heavy atom. The van der Waals surface area contributed by atoms with E-state index in [1.165, 1.54) is 0 Å². The van der Waals surface area contributed by atoms with Gasteiger partial charge in [-0.1, -0.05) is 23.8 Å². The molecule has 6 heteroatoms. The van der Waals surface area contributed by atoms with Crippen molar-refractivity contribution in [1.29, 1.82) is 0 Å². The molecule has 2 aromatic rings. The number of nitrogens with zero attached hydrogens (tertiary/aromatic N) is 1. The smallest absolute Gasteiger partial charge is 0.243 e. The molecule has 0 saturated carbocycles. The second-order valence-electron chi connectivity index (χ2n) is 7.19. The lowest BCUT2D eigenvalue weighted by molar-refractivity contribution is 0.174. The molecule has 0 aliphatic carbocycles. The maximum atomic E-state index is 13.2. The topological polar surface area (TPSA) is 55.8 Å². The molecule has 5 nitrogen and oxygen atoms in total. The van der Waals surface area contributed by atoms with Crippen molar-refractivity contribution in [2.45, 2.75) is 38.0 Å². The maximum Gasteiger partial charge on any atom is 0.243 e. The molecule has 0 aromatic heterocycles. The summed E-state index contributed by atoms with van der Waals surface area (Å²) < 4.78 is 38.9. The summed E-state index contributed by atoms with van der Waals surface area (Å²) in [6, 6.07) is 9.77. The van der Waals surface area contributed by atoms with Crippen LogP contribution in [0, 0.1) is 20.8 Å². The van der Waals surface area contributed by atoms with Gasteiger partial charge in [0.1, 0.15) is 0 Å². The van der Waals surface area contributed by atoms with E-state index in [0.717, 1.165) is 40.2 Å². The van der Waals surface area contributed by atoms with Crippen LogP contribution in [-0.4, -0.2) is 32.6 Å². The van der Waals surface area contributed by atoms with Gasteiger partial charge in [0.05, 0.1) is 4.90 Å². The Kier molecular flexibility index (Phi) is 4.20. The minimum atomic E-state index is -3.49. The lowest BCUT2D eigenvalue weighted by Crippen LogP contribution is -2.30. The Morgan fingerprint density at radius 3 is 2.42 bits per heavy atom. The van der Waals surface area contributed by atoms with Gasteiger partial charge in [-0.05, 0) is 61.9 Å². The highest BCUT2D eigenvalue weighted by Crippen LogP contribution is 2.38. The third kappa shape index (κ3) is 2.87. The predicted octanol–water partition coefficient (Wildman–Crippen LogP) is 3.52. The van der Waals surface area contributed by atoms with Crippen LogP contribution in [0.1, 0.15) is 34.6 Å². The summed E-state index contributed by atoms with van der Waals surface area (Å²) in [6.07, 6.45) is 0.808. The van der Waals surface area contributed by atoms with Crippen molar-refractivity contribution < 1.29 is 17.9 Å². The Labute approximate surface area is 154 Å². The number of hydrogen-bond acceptors (Lipinski definition) is 4. The van der Waals surface area contributed by atoms with Crippen LogP contribution in [0.4, 0.5) is 0 Å². The van der Waals surface area contributed by atoms with Crippen molar-refractivity contribution >= 4 is 10.0 Å². The van der Waals surface area contributed by atoms with Crippen LogP contribution < -0.4 is 9.47 Å². The first-order valence-electron chi connectivity index (χ1n) is 8.84. The molecule has 1 fully saturated rings. The van der Waals surface area contributed by atoms with E-state index in [1.807, 2.05) is 51.1 Å². The van der Waals surface area contributed by atoms with E-state index >= 15 is 0 Å². The standard InChI is InChI=1S/C20H23NO4S/c1-13-8-14(2)20(15(3)9-13)26(22,23)21-7-6-17(11-21)16-4-5-18-19(10-16)25-12-24-18/h4-5,8-10,17H,6-7,11-12H2,1-3H3. The number of benzene rings is 2. The molecule has 0 spiro atoms. The van der Waals surface area contributed by atoms with Gasteiger partial charge in [-0.3, -0.25) is 0 Å². The van der Waals surface area contributed by atoms with E-state index in [1.54, 1.807) is 4.31 Å². The number of ether oxygens (including phenoxy) is 2. The van der Waals surface area contributed by atoms with E-state index in [4.69, 9.17) is 9.47 Å². The van der Waals surface area contributed by atoms with E-state index in [9.17, 15) is 8.42 Å². The fraction of sp³-hybridized carbons (Fsp3) is 0.400. The summed E-state index contributed by atoms with van der Waals surface area (Å²) >= 11 is 0. The van der Waals surface area contributed by atoms with Crippen molar-refractivity contribution in [3.8, 4) is 11.5 Å². The zero-order chi connectivity index (χ0) is 18.5. The van der Waals surface area contributed by atoms with Gasteiger partial charge in [-0.25, -0.2) is 8.42 Å². The Bertz CT molecular complexity index is 945. The molecular formula is C20H23NO4S. The summed E-state index contributed by atoms with van der Waals surface area (Å²) in [6.45, 7) is 7.01. The third-order valence-corrected chi connectivity index (χ3v) is 7.39. The summed E-state index contributed by atoms with van der Waals surface area (Å²) in [5.74, 6) is 1.67. The fourth-order valence-electron chi connectivity index (χ4n) is 4.09. The van der Waals surface area contributed by atoms with Crippen molar-refractivity contribution in [2.24, 2.45) is 0 Å². The van der Waals surface area contributed by atoms with Crippen LogP contribution in [0.15, 0.2) is 35.2 Å². The van der Waals surface area contributed by atoms with E-state index in [0.29, 0.717) is 18.0 Å². The second-order valence-corrected chi connectivity index (χ2v) is 9.06. The molecule has 0 amide bonds. The van der Waals surface area contributed by atoms with Crippen molar-refractivity contribution in [2.75, 3.05) is 19.9 Å². The highest BCUT2D eigenvalue weighted by atomic mass is 32.2. The van der Waals surface area contributed by atoms with Gasteiger partial charge in [-0.2, -0.15) is 4.31 Å². The van der Waals surface area contributed by atoms with Crippen LogP contribution in [0.25, 0.3) is 0 Å². The van der Waals surface area contributed by atoms with Crippen LogP contribution in [0.2, 0.25) is 0 Å². The van der Waals surface area contributed by atoms with E-state index in [-0.39, 0.29) is 12.7 Å². The molecule has 2 aromatic carbocycles. The first-order valence-corrected chi connectivity index (χ1v) is 10.3. The quantitative estimate of drug-likeness (QED) is 0.826. The SMILES string of the molecule is Cc1cc(C)c(S(=O)(=O)N2CCC(c3ccc4c(c3)OCO4)C2)c(C)c1. The monoisotopic (exact) mass is 373 g/mol. The molecule has 2 aliphatic rings. The zero-order valence-corrected chi connectivity index (χ0v) is 16.1. The summed E-state index contributed by atoms with van der Waals surface area (Å²) in [4.78, 5) is 0.453.